The zero-order chi connectivity index (χ0) is 22.3. The lowest BCUT2D eigenvalue weighted by Crippen LogP contribution is -2.28. The number of halogens is 1. The van der Waals surface area contributed by atoms with Gasteiger partial charge < -0.3 is 20.7 Å². The van der Waals surface area contributed by atoms with E-state index in [1.54, 1.807) is 7.11 Å². The van der Waals surface area contributed by atoms with E-state index in [2.05, 4.69) is 38.5 Å². The molecule has 1 heterocycles. The van der Waals surface area contributed by atoms with Crippen molar-refractivity contribution >= 4 is 47.8 Å². The van der Waals surface area contributed by atoms with Gasteiger partial charge in [-0.1, -0.05) is 37.3 Å². The summed E-state index contributed by atoms with van der Waals surface area (Å²) in [5.41, 5.74) is 0.795. The van der Waals surface area contributed by atoms with Gasteiger partial charge in [-0.15, -0.1) is 0 Å². The Morgan fingerprint density at radius 1 is 0.844 bits per heavy atom. The van der Waals surface area contributed by atoms with Crippen molar-refractivity contribution in [2.24, 2.45) is 0 Å². The van der Waals surface area contributed by atoms with Crippen LogP contribution < -0.4 is 20.7 Å². The van der Waals surface area contributed by atoms with E-state index in [0.29, 0.717) is 46.0 Å². The molecule has 2 aliphatic rings. The molecule has 3 N–H and O–H groups in total. The first-order valence-corrected chi connectivity index (χ1v) is 12.6. The van der Waals surface area contributed by atoms with Gasteiger partial charge in [-0.2, -0.15) is 27.6 Å². The second kappa shape index (κ2) is 11.3. The summed E-state index contributed by atoms with van der Waals surface area (Å²) in [4.78, 5) is 14.0. The zero-order valence-electron chi connectivity index (χ0n) is 18.6. The SMILES string of the molecule is COc1ccc(Nc2nc(NC3CCCCCC3)nc(NC3CCC(S)CC3)n2)cc1Cl. The lowest BCUT2D eigenvalue weighted by molar-refractivity contribution is 0.415. The average Bonchev–Trinajstić information content (AvgIpc) is 3.04. The highest BCUT2D eigenvalue weighted by atomic mass is 35.5. The fraction of sp³-hybridized carbons (Fsp3) is 0.609. The molecule has 1 aromatic carbocycles. The van der Waals surface area contributed by atoms with Crippen molar-refractivity contribution in [2.75, 3.05) is 23.1 Å². The Morgan fingerprint density at radius 3 is 2.03 bits per heavy atom. The largest absolute Gasteiger partial charge is 0.495 e. The standard InChI is InChI=1S/C23H33ClN6OS/c1-31-20-13-10-17(14-19(20)24)27-23-29-21(25-15-6-4-2-3-5-7-15)28-22(30-23)26-16-8-11-18(32)12-9-16/h10,13-16,18,32H,2-9,11-12H2,1H3,(H3,25,26,27,28,29,30). The third-order valence-corrected chi connectivity index (χ3v) is 7.07. The quantitative estimate of drug-likeness (QED) is 0.285. The van der Waals surface area contributed by atoms with Crippen LogP contribution in [0.3, 0.4) is 0 Å². The Morgan fingerprint density at radius 2 is 1.44 bits per heavy atom. The fourth-order valence-electron chi connectivity index (χ4n) is 4.44. The average molecular weight is 477 g/mol. The molecule has 2 aromatic rings. The molecule has 4 rings (SSSR count). The van der Waals surface area contributed by atoms with Crippen LogP contribution in [0.5, 0.6) is 5.75 Å². The summed E-state index contributed by atoms with van der Waals surface area (Å²) < 4.78 is 5.25. The molecule has 7 nitrogen and oxygen atoms in total. The van der Waals surface area contributed by atoms with Crippen molar-refractivity contribution in [1.29, 1.82) is 0 Å². The molecule has 9 heteroatoms. The summed E-state index contributed by atoms with van der Waals surface area (Å²) in [6, 6.07) is 6.29. The number of nitrogens with one attached hydrogen (secondary N) is 3. The number of anilines is 4. The number of thiol groups is 1. The Labute approximate surface area is 200 Å². The molecule has 1 aromatic heterocycles. The molecule has 0 unspecified atom stereocenters. The summed E-state index contributed by atoms with van der Waals surface area (Å²) in [5, 5.41) is 11.4. The topological polar surface area (TPSA) is 84.0 Å². The van der Waals surface area contributed by atoms with Gasteiger partial charge in [0.1, 0.15) is 5.75 Å². The number of ether oxygens (including phenoxy) is 1. The van der Waals surface area contributed by atoms with Crippen molar-refractivity contribution in [3.05, 3.63) is 23.2 Å². The first kappa shape index (κ1) is 23.2. The van der Waals surface area contributed by atoms with E-state index in [4.69, 9.17) is 21.3 Å². The van der Waals surface area contributed by atoms with Gasteiger partial charge >= 0.3 is 0 Å². The maximum absolute atomic E-state index is 6.29. The molecule has 0 bridgehead atoms. The van der Waals surface area contributed by atoms with Gasteiger partial charge in [-0.05, 0) is 56.7 Å². The molecule has 2 aliphatic carbocycles. The molecular weight excluding hydrogens is 444 g/mol. The third-order valence-electron chi connectivity index (χ3n) is 6.26. The number of hydrogen-bond donors (Lipinski definition) is 4. The van der Waals surface area contributed by atoms with Gasteiger partial charge in [-0.3, -0.25) is 0 Å². The predicted molar refractivity (Wildman–Crippen MR) is 135 cm³/mol. The third kappa shape index (κ3) is 6.54. The van der Waals surface area contributed by atoms with Crippen LogP contribution in [-0.2, 0) is 0 Å². The molecule has 2 saturated carbocycles. The summed E-state index contributed by atoms with van der Waals surface area (Å²) in [6.07, 6.45) is 11.8. The van der Waals surface area contributed by atoms with Crippen molar-refractivity contribution < 1.29 is 4.74 Å². The van der Waals surface area contributed by atoms with Gasteiger partial charge in [0.15, 0.2) is 0 Å². The maximum Gasteiger partial charge on any atom is 0.233 e. The number of methoxy groups -OCH3 is 1. The van der Waals surface area contributed by atoms with E-state index < -0.39 is 0 Å². The van der Waals surface area contributed by atoms with Crippen molar-refractivity contribution in [3.63, 3.8) is 0 Å². The first-order chi connectivity index (χ1) is 15.6. The van der Waals surface area contributed by atoms with Gasteiger partial charge in [0.05, 0.1) is 12.1 Å². The van der Waals surface area contributed by atoms with Crippen LogP contribution in [0.2, 0.25) is 5.02 Å². The Hall–Kier alpha value is -1.93. The molecule has 174 valence electrons. The van der Waals surface area contributed by atoms with Gasteiger partial charge in [-0.25, -0.2) is 0 Å². The lowest BCUT2D eigenvalue weighted by atomic mass is 9.95. The molecule has 0 spiro atoms. The number of nitrogens with zero attached hydrogens (tertiary/aromatic N) is 3. The van der Waals surface area contributed by atoms with Gasteiger partial charge in [0, 0.05) is 23.0 Å². The highest BCUT2D eigenvalue weighted by Crippen LogP contribution is 2.29. The number of aromatic nitrogens is 3. The van der Waals surface area contributed by atoms with Crippen LogP contribution >= 0.6 is 24.2 Å². The molecule has 0 radical (unpaired) electrons. The van der Waals surface area contributed by atoms with Crippen molar-refractivity contribution in [3.8, 4) is 5.75 Å². The number of hydrogen-bond acceptors (Lipinski definition) is 8. The maximum atomic E-state index is 6.29. The Bertz CT molecular complexity index is 885. The highest BCUT2D eigenvalue weighted by Gasteiger charge is 2.21. The van der Waals surface area contributed by atoms with E-state index in [0.717, 1.165) is 44.2 Å². The molecular formula is C23H33ClN6OS. The minimum absolute atomic E-state index is 0.356. The summed E-state index contributed by atoms with van der Waals surface area (Å²) in [6.45, 7) is 0. The predicted octanol–water partition coefficient (Wildman–Crippen LogP) is 6.06. The zero-order valence-corrected chi connectivity index (χ0v) is 20.3. The van der Waals surface area contributed by atoms with Crippen LogP contribution in [0.15, 0.2) is 18.2 Å². The van der Waals surface area contributed by atoms with E-state index in [1.165, 1.54) is 25.7 Å². The Balaban J connectivity index is 1.53. The lowest BCUT2D eigenvalue weighted by Gasteiger charge is -2.26. The van der Waals surface area contributed by atoms with Crippen LogP contribution in [-0.4, -0.2) is 39.4 Å². The molecule has 0 amide bonds. The Kier molecular flexibility index (Phi) is 8.19. The molecule has 0 aliphatic heterocycles. The van der Waals surface area contributed by atoms with E-state index in [9.17, 15) is 0 Å². The molecule has 0 atom stereocenters. The molecule has 2 fully saturated rings. The van der Waals surface area contributed by atoms with Crippen molar-refractivity contribution in [1.82, 2.24) is 15.0 Å². The van der Waals surface area contributed by atoms with Crippen molar-refractivity contribution in [2.45, 2.75) is 81.5 Å². The monoisotopic (exact) mass is 476 g/mol. The second-order valence-electron chi connectivity index (χ2n) is 8.76. The number of benzene rings is 1. The normalized spacial score (nSPS) is 22.1. The highest BCUT2D eigenvalue weighted by molar-refractivity contribution is 7.80. The van der Waals surface area contributed by atoms with Crippen LogP contribution in [0.1, 0.15) is 64.2 Å². The minimum atomic E-state index is 0.356. The molecule has 0 saturated heterocycles. The summed E-state index contributed by atoms with van der Waals surface area (Å²) in [7, 11) is 1.60. The summed E-state index contributed by atoms with van der Waals surface area (Å²) in [5.74, 6) is 2.33. The smallest absolute Gasteiger partial charge is 0.233 e. The van der Waals surface area contributed by atoms with Crippen LogP contribution in [0.25, 0.3) is 0 Å². The second-order valence-corrected chi connectivity index (χ2v) is 9.90. The molecule has 32 heavy (non-hydrogen) atoms. The first-order valence-electron chi connectivity index (χ1n) is 11.7. The van der Waals surface area contributed by atoms with Crippen LogP contribution in [0, 0.1) is 0 Å². The van der Waals surface area contributed by atoms with E-state index >= 15 is 0 Å². The fourth-order valence-corrected chi connectivity index (χ4v) is 5.00. The van der Waals surface area contributed by atoms with E-state index in [1.807, 2.05) is 18.2 Å². The van der Waals surface area contributed by atoms with Crippen LogP contribution in [0.4, 0.5) is 23.5 Å². The minimum Gasteiger partial charge on any atom is -0.495 e. The van der Waals surface area contributed by atoms with E-state index in [-0.39, 0.29) is 0 Å². The van der Waals surface area contributed by atoms with Gasteiger partial charge in [0.25, 0.3) is 0 Å². The number of rotatable bonds is 7. The van der Waals surface area contributed by atoms with Gasteiger partial charge in [0.2, 0.25) is 17.8 Å². The summed E-state index contributed by atoms with van der Waals surface area (Å²) >= 11 is 10.9.